The van der Waals surface area contributed by atoms with Gasteiger partial charge in [-0.3, -0.25) is 10.1 Å². The van der Waals surface area contributed by atoms with Crippen LogP contribution in [0.15, 0.2) is 39.7 Å². The normalized spacial score (nSPS) is 13.1. The van der Waals surface area contributed by atoms with Crippen LogP contribution in [-0.2, 0) is 11.2 Å². The monoisotopic (exact) mass is 513 g/mol. The fraction of sp³-hybridized carbons (Fsp3) is 0.458. The summed E-state index contributed by atoms with van der Waals surface area (Å²) in [6.07, 6.45) is 2.01. The second-order valence-electron chi connectivity index (χ2n) is 7.94. The second kappa shape index (κ2) is 13.6. The van der Waals surface area contributed by atoms with Gasteiger partial charge in [-0.15, -0.1) is 11.3 Å². The molecule has 11 heteroatoms. The van der Waals surface area contributed by atoms with Crippen LogP contribution < -0.4 is 15.7 Å². The molecule has 1 amide bonds. The van der Waals surface area contributed by atoms with Crippen molar-refractivity contribution in [2.75, 3.05) is 13.7 Å². The van der Waals surface area contributed by atoms with Gasteiger partial charge in [0.1, 0.15) is 23.7 Å². The molecular formula is C24H29F2NO7S. The summed E-state index contributed by atoms with van der Waals surface area (Å²) in [4.78, 5) is 37.2. The zero-order chi connectivity index (χ0) is 26.0. The Labute approximate surface area is 205 Å². The van der Waals surface area contributed by atoms with E-state index >= 15 is 0 Å². The summed E-state index contributed by atoms with van der Waals surface area (Å²) >= 11 is 1.22. The van der Waals surface area contributed by atoms with E-state index in [9.17, 15) is 28.3 Å². The minimum absolute atomic E-state index is 0.224. The molecule has 0 saturated heterocycles. The molecule has 2 atom stereocenters. The van der Waals surface area contributed by atoms with Crippen molar-refractivity contribution >= 4 is 23.2 Å². The topological polar surface area (TPSA) is 115 Å². The van der Waals surface area contributed by atoms with Gasteiger partial charge >= 0.3 is 11.7 Å². The molecule has 0 bridgehead atoms. The summed E-state index contributed by atoms with van der Waals surface area (Å²) in [6.45, 7) is 2.78. The lowest BCUT2D eigenvalue weighted by atomic mass is 9.94. The largest absolute Gasteiger partial charge is 0.507 e. The van der Waals surface area contributed by atoms with Crippen molar-refractivity contribution < 1.29 is 37.4 Å². The number of allylic oxidation sites excluding steroid dienone is 1. The van der Waals surface area contributed by atoms with Gasteiger partial charge in [0, 0.05) is 29.0 Å². The highest BCUT2D eigenvalue weighted by Gasteiger charge is 2.25. The number of alkyl carbamates (subject to hydrolysis) is 1. The number of hydrogen-bond donors (Lipinski definition) is 2. The van der Waals surface area contributed by atoms with Gasteiger partial charge in [-0.25, -0.2) is 18.4 Å². The zero-order valence-corrected chi connectivity index (χ0v) is 20.5. The van der Waals surface area contributed by atoms with Crippen molar-refractivity contribution in [2.24, 2.45) is 5.92 Å². The average Bonchev–Trinajstić information content (AvgIpc) is 3.27. The number of aromatic hydroxyl groups is 1. The number of amides is 1. The lowest BCUT2D eigenvalue weighted by Gasteiger charge is -2.13. The molecule has 2 aromatic heterocycles. The third kappa shape index (κ3) is 8.82. The van der Waals surface area contributed by atoms with Gasteiger partial charge in [-0.2, -0.15) is 0 Å². The minimum atomic E-state index is -2.56. The molecule has 0 saturated carbocycles. The number of carbonyl (C=O) groups excluding carboxylic acids is 2. The molecule has 2 rings (SSSR count). The predicted molar refractivity (Wildman–Crippen MR) is 127 cm³/mol. The lowest BCUT2D eigenvalue weighted by molar-refractivity contribution is 0.0837. The third-order valence-electron chi connectivity index (χ3n) is 5.21. The van der Waals surface area contributed by atoms with Gasteiger partial charge in [0.05, 0.1) is 7.11 Å². The van der Waals surface area contributed by atoms with Gasteiger partial charge in [0.25, 0.3) is 6.43 Å². The smallest absolute Gasteiger partial charge is 0.410 e. The van der Waals surface area contributed by atoms with E-state index in [4.69, 9.17) is 9.15 Å². The fourth-order valence-electron chi connectivity index (χ4n) is 3.18. The summed E-state index contributed by atoms with van der Waals surface area (Å²) in [5.41, 5.74) is -1.28. The van der Waals surface area contributed by atoms with Crippen LogP contribution in [0.2, 0.25) is 0 Å². The summed E-state index contributed by atoms with van der Waals surface area (Å²) in [5, 5.41) is 13.2. The Morgan fingerprint density at radius 2 is 2.00 bits per heavy atom. The first-order chi connectivity index (χ1) is 16.6. The lowest BCUT2D eigenvalue weighted by Crippen LogP contribution is -2.21. The molecule has 8 nitrogen and oxygen atoms in total. The minimum Gasteiger partial charge on any atom is -0.507 e. The molecule has 0 aliphatic rings. The summed E-state index contributed by atoms with van der Waals surface area (Å²) in [6, 6.07) is 4.63. The Morgan fingerprint density at radius 3 is 2.66 bits per heavy atom. The van der Waals surface area contributed by atoms with E-state index in [0.717, 1.165) is 4.88 Å². The summed E-state index contributed by atoms with van der Waals surface area (Å²) < 4.78 is 39.2. The number of ketones is 1. The van der Waals surface area contributed by atoms with E-state index in [1.54, 1.807) is 25.1 Å². The number of nitrogens with one attached hydrogen (secondary N) is 1. The highest BCUT2D eigenvalue weighted by Crippen LogP contribution is 2.29. The molecule has 2 unspecified atom stereocenters. The van der Waals surface area contributed by atoms with Crippen LogP contribution in [0.25, 0.3) is 0 Å². The Hall–Kier alpha value is -3.21. The van der Waals surface area contributed by atoms with Gasteiger partial charge in [-0.05, 0) is 37.8 Å². The SMILES string of the molecule is COC(=O)N/C=C/CCC(C)c1cc(O)c(C(=O)C(C)CCc2ccc(OCC(F)F)s2)c(=O)o1. The van der Waals surface area contributed by atoms with Crippen LogP contribution in [0.3, 0.4) is 0 Å². The van der Waals surface area contributed by atoms with Gasteiger partial charge < -0.3 is 19.0 Å². The van der Waals surface area contributed by atoms with Crippen molar-refractivity contribution in [1.29, 1.82) is 0 Å². The molecule has 2 heterocycles. The molecule has 35 heavy (non-hydrogen) atoms. The number of methoxy groups -OCH3 is 1. The van der Waals surface area contributed by atoms with Crippen molar-refractivity contribution in [3.63, 3.8) is 0 Å². The first kappa shape index (κ1) is 28.0. The number of alkyl halides is 2. The molecule has 2 aromatic rings. The third-order valence-corrected chi connectivity index (χ3v) is 6.27. The first-order valence-corrected chi connectivity index (χ1v) is 11.8. The standard InChI is InChI=1S/C24H29F2NO7S/c1-14(6-4-5-11-27-24(31)32-3)18-12-17(28)21(23(30)34-18)22(29)15(2)7-8-16-9-10-20(35-16)33-13-19(25)26/h5,9-12,14-15,19,28H,4,6-8,13H2,1-3H3,(H,27,31)/b11-5+. The van der Waals surface area contributed by atoms with Crippen molar-refractivity contribution in [3.8, 4) is 10.8 Å². The van der Waals surface area contributed by atoms with Crippen molar-refractivity contribution in [1.82, 2.24) is 5.32 Å². The molecule has 0 aliphatic heterocycles. The fourth-order valence-corrected chi connectivity index (χ4v) is 4.06. The van der Waals surface area contributed by atoms with E-state index in [1.165, 1.54) is 30.7 Å². The first-order valence-electron chi connectivity index (χ1n) is 11.0. The maximum absolute atomic E-state index is 12.8. The maximum atomic E-state index is 12.8. The van der Waals surface area contributed by atoms with Gasteiger partial charge in [-0.1, -0.05) is 19.9 Å². The van der Waals surface area contributed by atoms with Gasteiger partial charge in [0.15, 0.2) is 10.8 Å². The Morgan fingerprint density at radius 1 is 1.26 bits per heavy atom. The van der Waals surface area contributed by atoms with Crippen LogP contribution in [0, 0.1) is 5.92 Å². The van der Waals surface area contributed by atoms with E-state index in [1.807, 2.05) is 6.92 Å². The molecule has 2 N–H and O–H groups in total. The van der Waals surface area contributed by atoms with E-state index in [2.05, 4.69) is 10.1 Å². The van der Waals surface area contributed by atoms with Crippen LogP contribution in [-0.4, -0.2) is 37.1 Å². The number of aryl methyl sites for hydroxylation is 1. The van der Waals surface area contributed by atoms with Crippen molar-refractivity contribution in [2.45, 2.75) is 51.9 Å². The zero-order valence-electron chi connectivity index (χ0n) is 19.7. The van der Waals surface area contributed by atoms with E-state index in [-0.39, 0.29) is 17.2 Å². The van der Waals surface area contributed by atoms with Crippen LogP contribution in [0.4, 0.5) is 13.6 Å². The molecule has 192 valence electrons. The molecule has 0 fully saturated rings. The number of carbonyl (C=O) groups is 2. The average molecular weight is 514 g/mol. The number of thiophene rings is 1. The van der Waals surface area contributed by atoms with E-state index < -0.39 is 42.2 Å². The number of hydrogen-bond acceptors (Lipinski definition) is 8. The highest BCUT2D eigenvalue weighted by molar-refractivity contribution is 7.13. The second-order valence-corrected chi connectivity index (χ2v) is 9.07. The van der Waals surface area contributed by atoms with Crippen LogP contribution >= 0.6 is 11.3 Å². The molecule has 0 radical (unpaired) electrons. The summed E-state index contributed by atoms with van der Waals surface area (Å²) in [5.74, 6) is -1.51. The molecule has 0 spiro atoms. The van der Waals surface area contributed by atoms with Gasteiger partial charge in [0.2, 0.25) is 0 Å². The molecule has 0 aliphatic carbocycles. The Kier molecular flexibility index (Phi) is 10.9. The van der Waals surface area contributed by atoms with E-state index in [0.29, 0.717) is 30.7 Å². The van der Waals surface area contributed by atoms with Crippen LogP contribution in [0.5, 0.6) is 10.8 Å². The predicted octanol–water partition coefficient (Wildman–Crippen LogP) is 5.26. The Balaban J connectivity index is 1.95. The maximum Gasteiger partial charge on any atom is 0.410 e. The molecular weight excluding hydrogens is 484 g/mol. The summed E-state index contributed by atoms with van der Waals surface area (Å²) in [7, 11) is 1.26. The van der Waals surface area contributed by atoms with Crippen molar-refractivity contribution in [3.05, 3.63) is 57.1 Å². The number of rotatable bonds is 13. The quantitative estimate of drug-likeness (QED) is 0.351. The number of halogens is 2. The number of ether oxygens (including phenoxy) is 2. The molecule has 0 aromatic carbocycles. The highest BCUT2D eigenvalue weighted by atomic mass is 32.1. The number of Topliss-reactive ketones (excluding diaryl/α,β-unsaturated/α-hetero) is 1. The van der Waals surface area contributed by atoms with Crippen LogP contribution in [0.1, 0.15) is 60.0 Å². The Bertz CT molecular complexity index is 1080.